The van der Waals surface area contributed by atoms with Gasteiger partial charge in [-0.25, -0.2) is 9.78 Å². The highest BCUT2D eigenvalue weighted by Crippen LogP contribution is 2.27. The summed E-state index contributed by atoms with van der Waals surface area (Å²) in [6.07, 6.45) is 4.66. The van der Waals surface area contributed by atoms with Crippen molar-refractivity contribution in [3.8, 4) is 0 Å². The van der Waals surface area contributed by atoms with Gasteiger partial charge in [-0.15, -0.1) is 0 Å². The van der Waals surface area contributed by atoms with E-state index in [1.807, 2.05) is 10.6 Å². The fourth-order valence-electron chi connectivity index (χ4n) is 2.86. The molecule has 2 aromatic rings. The van der Waals surface area contributed by atoms with E-state index in [0.29, 0.717) is 17.0 Å². The zero-order chi connectivity index (χ0) is 13.4. The van der Waals surface area contributed by atoms with Crippen LogP contribution in [0.15, 0.2) is 24.5 Å². The lowest BCUT2D eigenvalue weighted by Crippen LogP contribution is -2.19. The summed E-state index contributed by atoms with van der Waals surface area (Å²) in [5.74, 6) is 0.471. The molecule has 1 aliphatic heterocycles. The van der Waals surface area contributed by atoms with Gasteiger partial charge in [-0.1, -0.05) is 6.92 Å². The molecule has 0 radical (unpaired) electrons. The fourth-order valence-corrected chi connectivity index (χ4v) is 2.86. The minimum atomic E-state index is -0.904. The molecular formula is C14H17N3O2. The maximum Gasteiger partial charge on any atom is 0.337 e. The Morgan fingerprint density at radius 3 is 3.11 bits per heavy atom. The predicted molar refractivity (Wildman–Crippen MR) is 71.6 cm³/mol. The molecule has 1 aliphatic rings. The van der Waals surface area contributed by atoms with Gasteiger partial charge in [0.25, 0.3) is 0 Å². The third kappa shape index (κ3) is 2.00. The van der Waals surface area contributed by atoms with Crippen molar-refractivity contribution in [2.24, 2.45) is 0 Å². The molecule has 2 aromatic heterocycles. The van der Waals surface area contributed by atoms with Crippen LogP contribution in [0.25, 0.3) is 5.52 Å². The lowest BCUT2D eigenvalue weighted by atomic mass is 10.1. The highest BCUT2D eigenvalue weighted by atomic mass is 16.4. The number of likely N-dealkylation sites (N-methyl/N-ethyl adjacent to an activating group) is 1. The molecule has 1 fully saturated rings. The molecular weight excluding hydrogens is 242 g/mol. The van der Waals surface area contributed by atoms with E-state index in [9.17, 15) is 9.90 Å². The number of imidazole rings is 1. The van der Waals surface area contributed by atoms with Crippen molar-refractivity contribution in [2.45, 2.75) is 19.3 Å². The van der Waals surface area contributed by atoms with E-state index in [-0.39, 0.29) is 0 Å². The van der Waals surface area contributed by atoms with Gasteiger partial charge in [0.1, 0.15) is 5.82 Å². The topological polar surface area (TPSA) is 57.8 Å². The molecule has 1 atom stereocenters. The number of carbonyl (C=O) groups is 1. The molecule has 1 saturated heterocycles. The van der Waals surface area contributed by atoms with Crippen molar-refractivity contribution in [2.75, 3.05) is 19.6 Å². The molecule has 100 valence electrons. The number of likely N-dealkylation sites (tertiary alicyclic amines) is 1. The number of carboxylic acid groups (broad SMARTS) is 1. The third-order valence-corrected chi connectivity index (χ3v) is 3.91. The number of carboxylic acids is 1. The monoisotopic (exact) mass is 259 g/mol. The summed E-state index contributed by atoms with van der Waals surface area (Å²) < 4.78 is 1.92. The lowest BCUT2D eigenvalue weighted by Gasteiger charge is -2.12. The van der Waals surface area contributed by atoms with Crippen molar-refractivity contribution in [3.63, 3.8) is 0 Å². The predicted octanol–water partition coefficient (Wildman–Crippen LogP) is 1.84. The highest BCUT2D eigenvalue weighted by molar-refractivity contribution is 5.95. The summed E-state index contributed by atoms with van der Waals surface area (Å²) in [6.45, 7) is 5.32. The van der Waals surface area contributed by atoms with Gasteiger partial charge in [0.2, 0.25) is 0 Å². The summed E-state index contributed by atoms with van der Waals surface area (Å²) >= 11 is 0. The number of aromatic carboxylic acids is 1. The zero-order valence-corrected chi connectivity index (χ0v) is 10.9. The minimum Gasteiger partial charge on any atom is -0.478 e. The summed E-state index contributed by atoms with van der Waals surface area (Å²) in [5, 5.41) is 9.19. The molecule has 0 saturated carbocycles. The summed E-state index contributed by atoms with van der Waals surface area (Å²) in [6, 6.07) is 3.39. The van der Waals surface area contributed by atoms with Crippen LogP contribution in [0.5, 0.6) is 0 Å². The first-order chi connectivity index (χ1) is 9.20. The number of fused-ring (bicyclic) bond motifs is 1. The van der Waals surface area contributed by atoms with Crippen LogP contribution in [-0.2, 0) is 0 Å². The smallest absolute Gasteiger partial charge is 0.337 e. The first-order valence-electron chi connectivity index (χ1n) is 6.62. The second-order valence-electron chi connectivity index (χ2n) is 4.98. The van der Waals surface area contributed by atoms with E-state index in [4.69, 9.17) is 0 Å². The van der Waals surface area contributed by atoms with Gasteiger partial charge >= 0.3 is 5.97 Å². The molecule has 0 aliphatic carbocycles. The van der Waals surface area contributed by atoms with E-state index in [2.05, 4.69) is 16.8 Å². The number of pyridine rings is 1. The van der Waals surface area contributed by atoms with Crippen molar-refractivity contribution in [1.82, 2.24) is 14.3 Å². The second-order valence-corrected chi connectivity index (χ2v) is 4.98. The number of nitrogens with zero attached hydrogens (tertiary/aromatic N) is 3. The minimum absolute atomic E-state index is 0.312. The number of hydrogen-bond donors (Lipinski definition) is 1. The Bertz CT molecular complexity index is 620. The summed E-state index contributed by atoms with van der Waals surface area (Å²) in [7, 11) is 0. The normalized spacial score (nSPS) is 20.2. The fraction of sp³-hybridized carbons (Fsp3) is 0.429. The number of hydrogen-bond acceptors (Lipinski definition) is 3. The quantitative estimate of drug-likeness (QED) is 0.913. The van der Waals surface area contributed by atoms with Crippen LogP contribution in [0.4, 0.5) is 0 Å². The van der Waals surface area contributed by atoms with Gasteiger partial charge in [-0.05, 0) is 31.6 Å². The number of aromatic nitrogens is 2. The molecule has 5 heteroatoms. The largest absolute Gasteiger partial charge is 0.478 e. The average Bonchev–Trinajstić information content (AvgIpc) is 3.03. The van der Waals surface area contributed by atoms with Crippen molar-refractivity contribution < 1.29 is 9.90 Å². The second kappa shape index (κ2) is 4.66. The van der Waals surface area contributed by atoms with Crippen LogP contribution < -0.4 is 0 Å². The van der Waals surface area contributed by atoms with Crippen LogP contribution in [-0.4, -0.2) is 45.0 Å². The summed E-state index contributed by atoms with van der Waals surface area (Å²) in [4.78, 5) is 18.1. The van der Waals surface area contributed by atoms with Crippen LogP contribution in [0.2, 0.25) is 0 Å². The standard InChI is InChI=1S/C14H17N3O2/c1-2-16-7-5-10(9-16)13-15-8-12-11(14(18)19)4-3-6-17(12)13/h3-4,6,8,10H,2,5,7,9H2,1H3,(H,18,19). The Hall–Kier alpha value is -1.88. The Kier molecular flexibility index (Phi) is 2.98. The Balaban J connectivity index is 2.02. The van der Waals surface area contributed by atoms with E-state index < -0.39 is 5.97 Å². The van der Waals surface area contributed by atoms with E-state index in [0.717, 1.165) is 31.9 Å². The van der Waals surface area contributed by atoms with Gasteiger partial charge in [0, 0.05) is 18.7 Å². The van der Waals surface area contributed by atoms with Crippen molar-refractivity contribution >= 4 is 11.5 Å². The number of rotatable bonds is 3. The molecule has 0 bridgehead atoms. The molecule has 3 rings (SSSR count). The molecule has 0 aromatic carbocycles. The van der Waals surface area contributed by atoms with Gasteiger partial charge < -0.3 is 14.4 Å². The Labute approximate surface area is 111 Å². The lowest BCUT2D eigenvalue weighted by molar-refractivity contribution is 0.0698. The van der Waals surface area contributed by atoms with Gasteiger partial charge in [-0.2, -0.15) is 0 Å². The maximum absolute atomic E-state index is 11.2. The van der Waals surface area contributed by atoms with Crippen molar-refractivity contribution in [3.05, 3.63) is 35.9 Å². The van der Waals surface area contributed by atoms with Crippen molar-refractivity contribution in [1.29, 1.82) is 0 Å². The Morgan fingerprint density at radius 2 is 2.42 bits per heavy atom. The highest BCUT2D eigenvalue weighted by Gasteiger charge is 2.26. The molecule has 1 unspecified atom stereocenters. The first kappa shape index (κ1) is 12.2. The van der Waals surface area contributed by atoms with Crippen LogP contribution in [0.1, 0.15) is 35.4 Å². The average molecular weight is 259 g/mol. The van der Waals surface area contributed by atoms with Gasteiger partial charge in [0.05, 0.1) is 17.3 Å². The van der Waals surface area contributed by atoms with Crippen LogP contribution in [0, 0.1) is 0 Å². The molecule has 0 spiro atoms. The third-order valence-electron chi connectivity index (χ3n) is 3.91. The molecule has 3 heterocycles. The molecule has 5 nitrogen and oxygen atoms in total. The summed E-state index contributed by atoms with van der Waals surface area (Å²) in [5.41, 5.74) is 0.992. The van der Waals surface area contributed by atoms with E-state index >= 15 is 0 Å². The molecule has 0 amide bonds. The van der Waals surface area contributed by atoms with E-state index in [1.165, 1.54) is 0 Å². The van der Waals surface area contributed by atoms with Crippen LogP contribution >= 0.6 is 0 Å². The first-order valence-corrected chi connectivity index (χ1v) is 6.62. The molecule has 19 heavy (non-hydrogen) atoms. The molecule has 1 N–H and O–H groups in total. The van der Waals surface area contributed by atoms with Gasteiger partial charge in [0.15, 0.2) is 0 Å². The SMILES string of the molecule is CCN1CCC(c2ncc3c(C(=O)O)cccn23)C1. The zero-order valence-electron chi connectivity index (χ0n) is 10.9. The van der Waals surface area contributed by atoms with Crippen LogP contribution in [0.3, 0.4) is 0 Å². The van der Waals surface area contributed by atoms with Gasteiger partial charge in [-0.3, -0.25) is 0 Å². The van der Waals surface area contributed by atoms with E-state index in [1.54, 1.807) is 18.3 Å². The maximum atomic E-state index is 11.2. The Morgan fingerprint density at radius 1 is 1.58 bits per heavy atom.